The molecule has 1 aromatic rings. The summed E-state index contributed by atoms with van der Waals surface area (Å²) >= 11 is 0. The van der Waals surface area contributed by atoms with Gasteiger partial charge in [0.25, 0.3) is 0 Å². The minimum absolute atomic E-state index is 0.0261. The Balaban J connectivity index is 3.04. The molecule has 0 fully saturated rings. The van der Waals surface area contributed by atoms with Gasteiger partial charge in [0.2, 0.25) is 10.0 Å². The van der Waals surface area contributed by atoms with Crippen molar-refractivity contribution in [2.45, 2.75) is 37.6 Å². The second-order valence-corrected chi connectivity index (χ2v) is 6.15. The van der Waals surface area contributed by atoms with E-state index in [-0.39, 0.29) is 11.3 Å². The van der Waals surface area contributed by atoms with Crippen molar-refractivity contribution in [1.29, 1.82) is 0 Å². The molecule has 0 radical (unpaired) electrons. The molecule has 0 saturated heterocycles. The van der Waals surface area contributed by atoms with E-state index in [2.05, 4.69) is 4.72 Å². The van der Waals surface area contributed by atoms with Crippen molar-refractivity contribution in [2.75, 3.05) is 7.11 Å². The smallest absolute Gasteiger partial charge is 0.321 e. The third-order valence-corrected chi connectivity index (χ3v) is 4.32. The maximum atomic E-state index is 12.2. The molecule has 1 aromatic carbocycles. The van der Waals surface area contributed by atoms with E-state index in [9.17, 15) is 13.2 Å². The lowest BCUT2D eigenvalue weighted by Crippen LogP contribution is -2.40. The van der Waals surface area contributed by atoms with Crippen LogP contribution in [0.5, 0.6) is 5.75 Å². The molecule has 0 aliphatic heterocycles. The SMILES string of the molecule is CCC[C@@H](NS(=O)(=O)c1ccc(OC)c(C)c1)C(=O)O. The van der Waals surface area contributed by atoms with Gasteiger partial charge in [0, 0.05) is 0 Å². The minimum Gasteiger partial charge on any atom is -0.496 e. The Kier molecular flexibility index (Phi) is 5.52. The molecule has 0 amide bonds. The topological polar surface area (TPSA) is 92.7 Å². The van der Waals surface area contributed by atoms with Gasteiger partial charge >= 0.3 is 5.97 Å². The van der Waals surface area contributed by atoms with E-state index in [0.717, 1.165) is 0 Å². The molecule has 7 heteroatoms. The average Bonchev–Trinajstić information content (AvgIpc) is 2.37. The lowest BCUT2D eigenvalue weighted by atomic mass is 10.2. The number of hydrogen-bond acceptors (Lipinski definition) is 4. The van der Waals surface area contributed by atoms with Gasteiger partial charge in [-0.15, -0.1) is 0 Å². The number of aliphatic carboxylic acids is 1. The van der Waals surface area contributed by atoms with E-state index in [1.807, 2.05) is 0 Å². The minimum atomic E-state index is -3.86. The monoisotopic (exact) mass is 301 g/mol. The highest BCUT2D eigenvalue weighted by atomic mass is 32.2. The lowest BCUT2D eigenvalue weighted by molar-refractivity contribution is -0.139. The Morgan fingerprint density at radius 2 is 2.10 bits per heavy atom. The average molecular weight is 301 g/mol. The van der Waals surface area contributed by atoms with Crippen molar-refractivity contribution in [2.24, 2.45) is 0 Å². The van der Waals surface area contributed by atoms with Gasteiger partial charge < -0.3 is 9.84 Å². The van der Waals surface area contributed by atoms with Crippen LogP contribution < -0.4 is 9.46 Å². The van der Waals surface area contributed by atoms with Gasteiger partial charge in [-0.3, -0.25) is 4.79 Å². The number of nitrogens with one attached hydrogen (secondary N) is 1. The number of benzene rings is 1. The number of carboxylic acids is 1. The van der Waals surface area contributed by atoms with E-state index in [0.29, 0.717) is 17.7 Å². The molecular formula is C13H19NO5S. The van der Waals surface area contributed by atoms with Crippen molar-refractivity contribution in [3.63, 3.8) is 0 Å². The van der Waals surface area contributed by atoms with E-state index in [1.165, 1.54) is 19.2 Å². The number of sulfonamides is 1. The van der Waals surface area contributed by atoms with Crippen LogP contribution in [0.25, 0.3) is 0 Å². The highest BCUT2D eigenvalue weighted by Gasteiger charge is 2.24. The van der Waals surface area contributed by atoms with Crippen LogP contribution in [-0.4, -0.2) is 32.6 Å². The standard InChI is InChI=1S/C13H19NO5S/c1-4-5-11(13(15)16)14-20(17,18)10-6-7-12(19-3)9(2)8-10/h6-8,11,14H,4-5H2,1-3H3,(H,15,16)/t11-/m1/s1. The molecule has 1 atom stereocenters. The van der Waals surface area contributed by atoms with Gasteiger partial charge in [0.05, 0.1) is 12.0 Å². The summed E-state index contributed by atoms with van der Waals surface area (Å²) in [5.41, 5.74) is 0.665. The molecule has 0 heterocycles. The Bertz CT molecular complexity index is 582. The van der Waals surface area contributed by atoms with Gasteiger partial charge in [-0.1, -0.05) is 13.3 Å². The van der Waals surface area contributed by atoms with Gasteiger partial charge in [-0.25, -0.2) is 8.42 Å². The van der Waals surface area contributed by atoms with E-state index < -0.39 is 22.0 Å². The highest BCUT2D eigenvalue weighted by Crippen LogP contribution is 2.21. The molecule has 1 rings (SSSR count). The lowest BCUT2D eigenvalue weighted by Gasteiger charge is -2.14. The Morgan fingerprint density at radius 1 is 1.45 bits per heavy atom. The molecule has 6 nitrogen and oxygen atoms in total. The van der Waals surface area contributed by atoms with Crippen LogP contribution in [0.1, 0.15) is 25.3 Å². The molecule has 0 saturated carbocycles. The zero-order chi connectivity index (χ0) is 15.3. The van der Waals surface area contributed by atoms with Crippen molar-refractivity contribution < 1.29 is 23.1 Å². The van der Waals surface area contributed by atoms with Gasteiger partial charge in [-0.2, -0.15) is 4.72 Å². The molecule has 0 bridgehead atoms. The molecule has 0 aromatic heterocycles. The molecule has 0 spiro atoms. The van der Waals surface area contributed by atoms with Crippen LogP contribution in [0.15, 0.2) is 23.1 Å². The molecule has 0 unspecified atom stereocenters. The summed E-state index contributed by atoms with van der Waals surface area (Å²) < 4.78 is 31.6. The zero-order valence-corrected chi connectivity index (χ0v) is 12.5. The summed E-state index contributed by atoms with van der Waals surface area (Å²) in [5.74, 6) is -0.604. The van der Waals surface area contributed by atoms with Gasteiger partial charge in [0.1, 0.15) is 11.8 Å². The molecule has 20 heavy (non-hydrogen) atoms. The normalized spacial score (nSPS) is 12.9. The van der Waals surface area contributed by atoms with Crippen LogP contribution in [0, 0.1) is 6.92 Å². The second kappa shape index (κ2) is 6.71. The zero-order valence-electron chi connectivity index (χ0n) is 11.7. The first kappa shape index (κ1) is 16.5. The highest BCUT2D eigenvalue weighted by molar-refractivity contribution is 7.89. The number of aryl methyl sites for hydroxylation is 1. The number of methoxy groups -OCH3 is 1. The Labute approximate surface area is 118 Å². The predicted octanol–water partition coefficient (Wildman–Crippen LogP) is 1.54. The molecule has 0 aliphatic carbocycles. The third kappa shape index (κ3) is 3.94. The molecular weight excluding hydrogens is 282 g/mol. The number of carboxylic acid groups (broad SMARTS) is 1. The quantitative estimate of drug-likeness (QED) is 0.797. The summed E-state index contributed by atoms with van der Waals surface area (Å²) in [5, 5.41) is 9.00. The maximum absolute atomic E-state index is 12.2. The van der Waals surface area contributed by atoms with E-state index >= 15 is 0 Å². The first-order chi connectivity index (χ1) is 9.31. The summed E-state index contributed by atoms with van der Waals surface area (Å²) in [4.78, 5) is 11.0. The summed E-state index contributed by atoms with van der Waals surface area (Å²) in [6, 6.07) is 3.26. The van der Waals surface area contributed by atoms with Crippen LogP contribution in [-0.2, 0) is 14.8 Å². The van der Waals surface area contributed by atoms with E-state index in [4.69, 9.17) is 9.84 Å². The maximum Gasteiger partial charge on any atom is 0.321 e. The van der Waals surface area contributed by atoms with Crippen molar-refractivity contribution in [1.82, 2.24) is 4.72 Å². The Hall–Kier alpha value is -1.60. The Morgan fingerprint density at radius 3 is 2.55 bits per heavy atom. The number of carbonyl (C=O) groups is 1. The second-order valence-electron chi connectivity index (χ2n) is 4.43. The van der Waals surface area contributed by atoms with Gasteiger partial charge in [-0.05, 0) is 37.1 Å². The van der Waals surface area contributed by atoms with Crippen LogP contribution in [0.4, 0.5) is 0 Å². The number of rotatable bonds is 7. The van der Waals surface area contributed by atoms with Crippen molar-refractivity contribution >= 4 is 16.0 Å². The fourth-order valence-corrected chi connectivity index (χ4v) is 3.10. The number of hydrogen-bond donors (Lipinski definition) is 2. The van der Waals surface area contributed by atoms with Crippen LogP contribution >= 0.6 is 0 Å². The van der Waals surface area contributed by atoms with Crippen LogP contribution in [0.3, 0.4) is 0 Å². The fourth-order valence-electron chi connectivity index (χ4n) is 1.79. The first-order valence-electron chi connectivity index (χ1n) is 6.21. The first-order valence-corrected chi connectivity index (χ1v) is 7.70. The molecule has 112 valence electrons. The van der Waals surface area contributed by atoms with E-state index in [1.54, 1.807) is 19.9 Å². The van der Waals surface area contributed by atoms with Crippen molar-refractivity contribution in [3.05, 3.63) is 23.8 Å². The third-order valence-electron chi connectivity index (χ3n) is 2.85. The largest absolute Gasteiger partial charge is 0.496 e. The number of ether oxygens (including phenoxy) is 1. The predicted molar refractivity (Wildman–Crippen MR) is 74.4 cm³/mol. The molecule has 0 aliphatic rings. The van der Waals surface area contributed by atoms with Crippen molar-refractivity contribution in [3.8, 4) is 5.75 Å². The van der Waals surface area contributed by atoms with Crippen LogP contribution in [0.2, 0.25) is 0 Å². The summed E-state index contributed by atoms with van der Waals surface area (Å²) in [7, 11) is -2.36. The summed E-state index contributed by atoms with van der Waals surface area (Å²) in [6.07, 6.45) is 0.810. The fraction of sp³-hybridized carbons (Fsp3) is 0.462. The summed E-state index contributed by atoms with van der Waals surface area (Å²) in [6.45, 7) is 3.51. The van der Waals surface area contributed by atoms with Gasteiger partial charge in [0.15, 0.2) is 0 Å². The molecule has 2 N–H and O–H groups in total.